The number of non-ortho nitro benzene ring substituents is 2. The third-order valence-corrected chi connectivity index (χ3v) is 6.97. The number of anilines is 4. The van der Waals surface area contributed by atoms with Gasteiger partial charge in [0.25, 0.3) is 11.4 Å². The first-order chi connectivity index (χ1) is 23.9. The van der Waals surface area contributed by atoms with Gasteiger partial charge in [0.2, 0.25) is 0 Å². The summed E-state index contributed by atoms with van der Waals surface area (Å²) in [6.45, 7) is 1.66. The van der Waals surface area contributed by atoms with Gasteiger partial charge in [-0.15, -0.1) is 0 Å². The highest BCUT2D eigenvalue weighted by Crippen LogP contribution is 2.38. The van der Waals surface area contributed by atoms with Crippen LogP contribution < -0.4 is 35.5 Å². The van der Waals surface area contributed by atoms with Gasteiger partial charge in [-0.25, -0.2) is 14.6 Å². The number of nitrogens with zero attached hydrogens (tertiary/aromatic N) is 4. The number of nitrogens with one attached hydrogen (secondary N) is 3. The van der Waals surface area contributed by atoms with Crippen LogP contribution in [0.3, 0.4) is 0 Å². The Bertz CT molecular complexity index is 1800. The molecule has 3 aromatic carbocycles. The smallest absolute Gasteiger partial charge is 0.411 e. The Morgan fingerprint density at radius 1 is 0.840 bits per heavy atom. The molecule has 0 bridgehead atoms. The molecule has 5 rings (SSSR count). The molecule has 0 fully saturated rings. The van der Waals surface area contributed by atoms with Crippen LogP contribution in [0.5, 0.6) is 17.2 Å². The number of hydrogen-bond acceptors (Lipinski definition) is 14. The molecule has 19 heteroatoms. The first-order valence-electron chi connectivity index (χ1n) is 14.5. The summed E-state index contributed by atoms with van der Waals surface area (Å²) < 4.78 is 24.1. The SMILES string of the molecule is COC(=O)Nc1cc([N+](=O)[O-])ccc1OC.COC(=O)Nc1cc2c(cc1OC)CCN2Cc1cnc[nH]1.COc1ccc([N+](=O)[O-])cc1N. The zero-order chi connectivity index (χ0) is 36.8. The summed E-state index contributed by atoms with van der Waals surface area (Å²) in [4.78, 5) is 51.5. The van der Waals surface area contributed by atoms with Crippen LogP contribution in [-0.2, 0) is 22.4 Å². The lowest BCUT2D eigenvalue weighted by molar-refractivity contribution is -0.385. The molecule has 0 saturated heterocycles. The zero-order valence-corrected chi connectivity index (χ0v) is 27.8. The summed E-state index contributed by atoms with van der Waals surface area (Å²) in [5.41, 5.74) is 9.65. The Morgan fingerprint density at radius 3 is 1.90 bits per heavy atom. The van der Waals surface area contributed by atoms with Crippen molar-refractivity contribution in [3.63, 3.8) is 0 Å². The number of imidazole rings is 1. The van der Waals surface area contributed by atoms with E-state index in [1.54, 1.807) is 13.4 Å². The van der Waals surface area contributed by atoms with Gasteiger partial charge in [-0.1, -0.05) is 0 Å². The highest BCUT2D eigenvalue weighted by Gasteiger charge is 2.23. The molecule has 1 aromatic heterocycles. The molecule has 0 unspecified atom stereocenters. The number of methoxy groups -OCH3 is 5. The number of nitrogen functional groups attached to an aromatic ring is 1. The number of fused-ring (bicyclic) bond motifs is 1. The maximum absolute atomic E-state index is 11.5. The van der Waals surface area contributed by atoms with E-state index in [0.29, 0.717) is 22.9 Å². The van der Waals surface area contributed by atoms with Gasteiger partial charge in [-0.05, 0) is 36.2 Å². The molecule has 1 aliphatic heterocycles. The number of carbonyl (C=O) groups excluding carboxylic acids is 2. The van der Waals surface area contributed by atoms with Crippen molar-refractivity contribution < 1.29 is 43.1 Å². The molecule has 5 N–H and O–H groups in total. The summed E-state index contributed by atoms with van der Waals surface area (Å²) in [5.74, 6) is 1.39. The number of aromatic amines is 1. The lowest BCUT2D eigenvalue weighted by Gasteiger charge is -2.20. The molecule has 0 saturated carbocycles. The molecular weight excluding hydrogens is 660 g/mol. The first-order valence-corrected chi connectivity index (χ1v) is 14.5. The number of carbonyl (C=O) groups is 2. The van der Waals surface area contributed by atoms with E-state index in [4.69, 9.17) is 19.9 Å². The molecule has 266 valence electrons. The Morgan fingerprint density at radius 2 is 1.40 bits per heavy atom. The van der Waals surface area contributed by atoms with Crippen LogP contribution in [-0.4, -0.2) is 74.1 Å². The molecular formula is C31H36N8O11. The summed E-state index contributed by atoms with van der Waals surface area (Å²) in [6, 6.07) is 11.8. The van der Waals surface area contributed by atoms with Crippen LogP contribution in [0.2, 0.25) is 0 Å². The zero-order valence-electron chi connectivity index (χ0n) is 27.8. The van der Waals surface area contributed by atoms with Crippen molar-refractivity contribution in [1.82, 2.24) is 9.97 Å². The number of nitro benzene ring substituents is 2. The van der Waals surface area contributed by atoms with Crippen molar-refractivity contribution in [2.24, 2.45) is 0 Å². The summed E-state index contributed by atoms with van der Waals surface area (Å²) in [5, 5.41) is 25.8. The van der Waals surface area contributed by atoms with Gasteiger partial charge in [-0.3, -0.25) is 30.9 Å². The van der Waals surface area contributed by atoms with Crippen molar-refractivity contribution in [3.8, 4) is 17.2 Å². The number of amides is 2. The average molecular weight is 697 g/mol. The van der Waals surface area contributed by atoms with E-state index in [-0.39, 0.29) is 22.7 Å². The predicted molar refractivity (Wildman–Crippen MR) is 182 cm³/mol. The van der Waals surface area contributed by atoms with Crippen molar-refractivity contribution in [1.29, 1.82) is 0 Å². The van der Waals surface area contributed by atoms with Crippen molar-refractivity contribution in [2.45, 2.75) is 13.0 Å². The third-order valence-electron chi connectivity index (χ3n) is 6.97. The minimum atomic E-state index is -0.723. The van der Waals surface area contributed by atoms with Crippen LogP contribution in [0.1, 0.15) is 11.3 Å². The number of aromatic nitrogens is 2. The molecule has 4 aromatic rings. The fourth-order valence-corrected chi connectivity index (χ4v) is 4.55. The maximum atomic E-state index is 11.5. The van der Waals surface area contributed by atoms with Gasteiger partial charge in [0, 0.05) is 42.7 Å². The number of ether oxygens (including phenoxy) is 5. The van der Waals surface area contributed by atoms with E-state index < -0.39 is 22.0 Å². The third kappa shape index (κ3) is 10.1. The van der Waals surface area contributed by atoms with E-state index in [0.717, 1.165) is 30.9 Å². The number of hydrogen-bond donors (Lipinski definition) is 4. The summed E-state index contributed by atoms with van der Waals surface area (Å²) in [7, 11) is 6.96. The molecule has 0 radical (unpaired) electrons. The van der Waals surface area contributed by atoms with Crippen LogP contribution in [0.4, 0.5) is 43.7 Å². The second-order valence-electron chi connectivity index (χ2n) is 9.99. The van der Waals surface area contributed by atoms with E-state index in [1.807, 2.05) is 18.3 Å². The fraction of sp³-hybridized carbons (Fsp3) is 0.258. The number of rotatable bonds is 9. The number of nitro groups is 2. The topological polar surface area (TPSA) is 249 Å². The Labute approximate surface area is 285 Å². The predicted octanol–water partition coefficient (Wildman–Crippen LogP) is 5.13. The number of benzene rings is 3. The average Bonchev–Trinajstić information content (AvgIpc) is 3.78. The Balaban J connectivity index is 0.000000214. The van der Waals surface area contributed by atoms with Gasteiger partial charge in [0.05, 0.1) is 81.0 Å². The minimum absolute atomic E-state index is 0.0340. The van der Waals surface area contributed by atoms with E-state index >= 15 is 0 Å². The van der Waals surface area contributed by atoms with E-state index in [1.165, 1.54) is 70.4 Å². The molecule has 0 atom stereocenters. The van der Waals surface area contributed by atoms with E-state index in [9.17, 15) is 29.8 Å². The highest BCUT2D eigenvalue weighted by atomic mass is 16.6. The second kappa shape index (κ2) is 17.9. The normalized spacial score (nSPS) is 10.9. The largest absolute Gasteiger partial charge is 0.495 e. The quantitative estimate of drug-likeness (QED) is 0.101. The molecule has 50 heavy (non-hydrogen) atoms. The van der Waals surface area contributed by atoms with Gasteiger partial charge in [0.1, 0.15) is 17.2 Å². The monoisotopic (exact) mass is 696 g/mol. The minimum Gasteiger partial charge on any atom is -0.495 e. The lowest BCUT2D eigenvalue weighted by Crippen LogP contribution is -2.20. The van der Waals surface area contributed by atoms with Crippen LogP contribution in [0.15, 0.2) is 61.1 Å². The Hall–Kier alpha value is -6.79. The lowest BCUT2D eigenvalue weighted by atomic mass is 10.1. The van der Waals surface area contributed by atoms with Gasteiger partial charge in [0.15, 0.2) is 0 Å². The van der Waals surface area contributed by atoms with Crippen LogP contribution in [0.25, 0.3) is 0 Å². The first kappa shape index (κ1) is 37.7. The summed E-state index contributed by atoms with van der Waals surface area (Å²) >= 11 is 0. The van der Waals surface area contributed by atoms with Gasteiger partial charge >= 0.3 is 12.2 Å². The second-order valence-corrected chi connectivity index (χ2v) is 9.99. The standard InChI is InChI=1S/C15H18N4O3.C9H10N2O5.C7H8N2O3/c1-21-14-5-10-3-4-19(8-11-7-16-9-17-11)13(10)6-12(14)18-15(20)22-2;1-15-8-4-3-6(11(13)14)5-7(8)10-9(12)16-2;1-12-7-3-2-5(9(10)11)4-6(7)8/h5-7,9H,3-4,8H2,1-2H3,(H,16,17)(H,18,20);3-5H,1-2H3,(H,10,12);2-4H,8H2,1H3. The maximum Gasteiger partial charge on any atom is 0.411 e. The molecule has 2 amide bonds. The van der Waals surface area contributed by atoms with E-state index in [2.05, 4.69) is 35.0 Å². The van der Waals surface area contributed by atoms with Crippen LogP contribution >= 0.6 is 0 Å². The summed E-state index contributed by atoms with van der Waals surface area (Å²) in [6.07, 6.45) is 3.19. The molecule has 0 spiro atoms. The molecule has 2 heterocycles. The van der Waals surface area contributed by atoms with Crippen molar-refractivity contribution in [3.05, 3.63) is 92.5 Å². The number of nitrogens with two attached hydrogens (primary N) is 1. The molecule has 19 nitrogen and oxygen atoms in total. The Kier molecular flexibility index (Phi) is 13.5. The highest BCUT2D eigenvalue weighted by molar-refractivity contribution is 5.89. The molecule has 0 aliphatic carbocycles. The fourth-order valence-electron chi connectivity index (χ4n) is 4.55. The number of H-pyrrole nitrogens is 1. The van der Waals surface area contributed by atoms with Gasteiger partial charge in [-0.2, -0.15) is 0 Å². The van der Waals surface area contributed by atoms with Gasteiger partial charge < -0.3 is 39.3 Å². The van der Waals surface area contributed by atoms with Crippen molar-refractivity contribution in [2.75, 3.05) is 63.4 Å². The van der Waals surface area contributed by atoms with Crippen molar-refractivity contribution >= 4 is 46.3 Å². The molecule has 1 aliphatic rings. The van der Waals surface area contributed by atoms with Crippen LogP contribution in [0, 0.1) is 20.2 Å².